The summed E-state index contributed by atoms with van der Waals surface area (Å²) in [6.07, 6.45) is 4.32. The van der Waals surface area contributed by atoms with Gasteiger partial charge in [0.1, 0.15) is 10.6 Å². The van der Waals surface area contributed by atoms with Crippen molar-refractivity contribution in [2.75, 3.05) is 39.3 Å². The van der Waals surface area contributed by atoms with Gasteiger partial charge in [0.15, 0.2) is 5.76 Å². The van der Waals surface area contributed by atoms with E-state index in [4.69, 9.17) is 4.52 Å². The van der Waals surface area contributed by atoms with E-state index in [2.05, 4.69) is 15.4 Å². The summed E-state index contributed by atoms with van der Waals surface area (Å²) in [6.45, 7) is 8.50. The molecule has 3 rings (SSSR count). The third-order valence-corrected chi connectivity index (χ3v) is 7.24. The lowest BCUT2D eigenvalue weighted by Crippen LogP contribution is -2.50. The van der Waals surface area contributed by atoms with Gasteiger partial charge in [-0.3, -0.25) is 0 Å². The van der Waals surface area contributed by atoms with Gasteiger partial charge in [0.05, 0.1) is 0 Å². The van der Waals surface area contributed by atoms with E-state index in [9.17, 15) is 8.42 Å². The van der Waals surface area contributed by atoms with Crippen LogP contribution in [0.15, 0.2) is 9.42 Å². The van der Waals surface area contributed by atoms with Gasteiger partial charge in [-0.2, -0.15) is 4.31 Å². The Kier molecular flexibility index (Phi) is 5.59. The number of nitrogens with one attached hydrogen (secondary N) is 1. The van der Waals surface area contributed by atoms with Gasteiger partial charge in [-0.25, -0.2) is 8.42 Å². The molecule has 0 bridgehead atoms. The molecule has 136 valence electrons. The van der Waals surface area contributed by atoms with Gasteiger partial charge < -0.3 is 14.7 Å². The third kappa shape index (κ3) is 3.66. The number of aromatic nitrogens is 1. The molecule has 0 saturated carbocycles. The molecule has 1 unspecified atom stereocenters. The van der Waals surface area contributed by atoms with Crippen molar-refractivity contribution >= 4 is 10.0 Å². The highest BCUT2D eigenvalue weighted by Crippen LogP contribution is 2.26. The smallest absolute Gasteiger partial charge is 0.248 e. The zero-order valence-corrected chi connectivity index (χ0v) is 15.4. The van der Waals surface area contributed by atoms with Gasteiger partial charge in [0.25, 0.3) is 0 Å². The van der Waals surface area contributed by atoms with E-state index in [0.29, 0.717) is 24.5 Å². The summed E-state index contributed by atoms with van der Waals surface area (Å²) < 4.78 is 33.4. The van der Waals surface area contributed by atoms with E-state index < -0.39 is 10.0 Å². The molecule has 24 heavy (non-hydrogen) atoms. The van der Waals surface area contributed by atoms with Crippen molar-refractivity contribution in [1.82, 2.24) is 19.7 Å². The number of likely N-dealkylation sites (tertiary alicyclic amines) is 1. The van der Waals surface area contributed by atoms with Gasteiger partial charge in [-0.15, -0.1) is 0 Å². The maximum absolute atomic E-state index is 13.3. The fourth-order valence-electron chi connectivity index (χ4n) is 3.78. The molecule has 0 radical (unpaired) electrons. The van der Waals surface area contributed by atoms with Gasteiger partial charge in [0, 0.05) is 25.7 Å². The average molecular weight is 356 g/mol. The average Bonchev–Trinajstić information content (AvgIpc) is 3.18. The minimum absolute atomic E-state index is 0.0000491. The first kappa shape index (κ1) is 17.8. The summed E-state index contributed by atoms with van der Waals surface area (Å²) in [5.41, 5.74) is 0.447. The molecular weight excluding hydrogens is 328 g/mol. The zero-order valence-electron chi connectivity index (χ0n) is 14.6. The first-order valence-electron chi connectivity index (χ1n) is 8.88. The second-order valence-corrected chi connectivity index (χ2v) is 8.65. The maximum Gasteiger partial charge on any atom is 0.248 e. The number of piperidine rings is 1. The van der Waals surface area contributed by atoms with Crippen molar-refractivity contribution in [1.29, 1.82) is 0 Å². The monoisotopic (exact) mass is 356 g/mol. The van der Waals surface area contributed by atoms with Gasteiger partial charge in [0.2, 0.25) is 10.0 Å². The van der Waals surface area contributed by atoms with Gasteiger partial charge in [-0.1, -0.05) is 5.16 Å². The van der Waals surface area contributed by atoms with Crippen LogP contribution in [0.5, 0.6) is 0 Å². The fourth-order valence-corrected chi connectivity index (χ4v) is 5.72. The van der Waals surface area contributed by atoms with E-state index in [1.165, 1.54) is 12.8 Å². The minimum atomic E-state index is -3.60. The molecule has 1 atom stereocenters. The van der Waals surface area contributed by atoms with Crippen LogP contribution in [0.1, 0.15) is 37.1 Å². The largest absolute Gasteiger partial charge is 0.360 e. The second-order valence-electron chi connectivity index (χ2n) is 6.82. The molecule has 0 spiro atoms. The second kappa shape index (κ2) is 7.51. The number of hydrogen-bond donors (Lipinski definition) is 1. The molecule has 2 saturated heterocycles. The van der Waals surface area contributed by atoms with Crippen LogP contribution in [0.25, 0.3) is 0 Å². The maximum atomic E-state index is 13.3. The lowest BCUT2D eigenvalue weighted by atomic mass is 10.1. The van der Waals surface area contributed by atoms with E-state index in [1.54, 1.807) is 18.2 Å². The van der Waals surface area contributed by atoms with E-state index in [0.717, 1.165) is 39.0 Å². The molecule has 7 nitrogen and oxygen atoms in total. The molecule has 1 N–H and O–H groups in total. The van der Waals surface area contributed by atoms with Crippen LogP contribution in [0.3, 0.4) is 0 Å². The lowest BCUT2D eigenvalue weighted by molar-refractivity contribution is 0.231. The Balaban J connectivity index is 1.84. The Morgan fingerprint density at radius 1 is 1.29 bits per heavy atom. The quantitative estimate of drug-likeness (QED) is 0.823. The first-order valence-corrected chi connectivity index (χ1v) is 10.3. The molecule has 0 amide bonds. The van der Waals surface area contributed by atoms with Crippen molar-refractivity contribution in [3.05, 3.63) is 11.5 Å². The summed E-state index contributed by atoms with van der Waals surface area (Å²) in [5, 5.41) is 7.17. The molecule has 3 heterocycles. The highest BCUT2D eigenvalue weighted by Gasteiger charge is 2.36. The number of hydrogen-bond acceptors (Lipinski definition) is 6. The number of sulfonamides is 1. The first-order chi connectivity index (χ1) is 11.5. The standard InChI is InChI=1S/C16H28N4O3S/c1-13-16(14(2)23-18-13)24(21,22)20(15-6-5-7-17-12-15)11-10-19-8-3-4-9-19/h15,17H,3-12H2,1-2H3. The van der Waals surface area contributed by atoms with Crippen LogP contribution < -0.4 is 5.32 Å². The summed E-state index contributed by atoms with van der Waals surface area (Å²) in [4.78, 5) is 2.60. The molecule has 2 aliphatic rings. The number of nitrogens with zero attached hydrogens (tertiary/aromatic N) is 3. The SMILES string of the molecule is Cc1noc(C)c1S(=O)(=O)N(CCN1CCCC1)C1CCCNC1. The summed E-state index contributed by atoms with van der Waals surface area (Å²) in [5.74, 6) is 0.377. The Labute approximate surface area is 144 Å². The summed E-state index contributed by atoms with van der Waals surface area (Å²) >= 11 is 0. The van der Waals surface area contributed by atoms with Crippen LogP contribution in [0.2, 0.25) is 0 Å². The van der Waals surface area contributed by atoms with Gasteiger partial charge >= 0.3 is 0 Å². The lowest BCUT2D eigenvalue weighted by Gasteiger charge is -2.34. The molecule has 2 aliphatic heterocycles. The summed E-state index contributed by atoms with van der Waals surface area (Å²) in [7, 11) is -3.60. The Hall–Kier alpha value is -0.960. The predicted molar refractivity (Wildman–Crippen MR) is 91.4 cm³/mol. The Bertz CT molecular complexity index is 627. The van der Waals surface area contributed by atoms with Crippen molar-refractivity contribution in [2.24, 2.45) is 0 Å². The minimum Gasteiger partial charge on any atom is -0.360 e. The normalized spacial score (nSPS) is 23.2. The Morgan fingerprint density at radius 3 is 2.62 bits per heavy atom. The van der Waals surface area contributed by atoms with E-state index >= 15 is 0 Å². The Morgan fingerprint density at radius 2 is 2.04 bits per heavy atom. The van der Waals surface area contributed by atoms with Crippen molar-refractivity contribution in [2.45, 2.75) is 50.5 Å². The molecule has 8 heteroatoms. The topological polar surface area (TPSA) is 78.7 Å². The number of aryl methyl sites for hydroxylation is 2. The van der Waals surface area contributed by atoms with Crippen LogP contribution in [-0.4, -0.2) is 68.1 Å². The predicted octanol–water partition coefficient (Wildman–Crippen LogP) is 1.13. The van der Waals surface area contributed by atoms with Crippen LogP contribution in [0.4, 0.5) is 0 Å². The van der Waals surface area contributed by atoms with Crippen molar-refractivity contribution in [3.8, 4) is 0 Å². The highest BCUT2D eigenvalue weighted by molar-refractivity contribution is 7.89. The molecule has 0 aliphatic carbocycles. The van der Waals surface area contributed by atoms with Crippen molar-refractivity contribution < 1.29 is 12.9 Å². The highest BCUT2D eigenvalue weighted by atomic mass is 32.2. The van der Waals surface area contributed by atoms with Gasteiger partial charge in [-0.05, 0) is 59.2 Å². The fraction of sp³-hybridized carbons (Fsp3) is 0.812. The zero-order chi connectivity index (χ0) is 17.2. The van der Waals surface area contributed by atoms with Crippen molar-refractivity contribution in [3.63, 3.8) is 0 Å². The van der Waals surface area contributed by atoms with E-state index in [-0.39, 0.29) is 10.9 Å². The molecule has 0 aromatic carbocycles. The molecule has 1 aromatic heterocycles. The molecule has 2 fully saturated rings. The van der Waals surface area contributed by atoms with Crippen LogP contribution in [-0.2, 0) is 10.0 Å². The summed E-state index contributed by atoms with van der Waals surface area (Å²) in [6, 6.07) is 0.0000491. The molecular formula is C16H28N4O3S. The van der Waals surface area contributed by atoms with E-state index in [1.807, 2.05) is 0 Å². The third-order valence-electron chi connectivity index (χ3n) is 5.05. The van der Waals surface area contributed by atoms with Crippen LogP contribution >= 0.6 is 0 Å². The van der Waals surface area contributed by atoms with Crippen LogP contribution in [0, 0.1) is 13.8 Å². The number of rotatable bonds is 6. The molecule has 1 aromatic rings.